The molecule has 5 nitrogen and oxygen atoms in total. The number of halogens is 2. The SMILES string of the molecule is COCC1(CNC(=O)c2c(F)ccc(F)c2OC)CCNCC1. The maximum atomic E-state index is 13.9. The van der Waals surface area contributed by atoms with Gasteiger partial charge in [0, 0.05) is 19.1 Å². The van der Waals surface area contributed by atoms with Crippen molar-refractivity contribution in [3.05, 3.63) is 29.3 Å². The molecule has 1 aromatic carbocycles. The minimum absolute atomic E-state index is 0.202. The molecular weight excluding hydrogens is 306 g/mol. The van der Waals surface area contributed by atoms with E-state index in [2.05, 4.69) is 10.6 Å². The molecule has 1 aromatic rings. The van der Waals surface area contributed by atoms with Gasteiger partial charge in [-0.2, -0.15) is 0 Å². The molecule has 1 aliphatic heterocycles. The largest absolute Gasteiger partial charge is 0.493 e. The standard InChI is InChI=1S/C16H22F2N2O3/c1-22-10-16(5-7-19-8-6-16)9-20-15(21)13-11(17)3-4-12(18)14(13)23-2/h3-4,19H,5-10H2,1-2H3,(H,20,21). The zero-order valence-corrected chi connectivity index (χ0v) is 13.4. The van der Waals surface area contributed by atoms with Gasteiger partial charge in [-0.1, -0.05) is 0 Å². The predicted molar refractivity (Wildman–Crippen MR) is 81.7 cm³/mol. The molecule has 1 saturated heterocycles. The Kier molecular flexibility index (Phi) is 5.90. The molecule has 128 valence electrons. The average molecular weight is 328 g/mol. The minimum Gasteiger partial charge on any atom is -0.493 e. The number of hydrogen-bond donors (Lipinski definition) is 2. The van der Waals surface area contributed by atoms with Gasteiger partial charge < -0.3 is 20.1 Å². The van der Waals surface area contributed by atoms with E-state index in [-0.39, 0.29) is 11.2 Å². The van der Waals surface area contributed by atoms with Gasteiger partial charge in [-0.25, -0.2) is 8.78 Å². The van der Waals surface area contributed by atoms with E-state index in [4.69, 9.17) is 9.47 Å². The van der Waals surface area contributed by atoms with Gasteiger partial charge in [0.05, 0.1) is 13.7 Å². The summed E-state index contributed by atoms with van der Waals surface area (Å²) < 4.78 is 37.7. The Labute approximate surface area is 134 Å². The molecule has 0 saturated carbocycles. The number of rotatable bonds is 6. The summed E-state index contributed by atoms with van der Waals surface area (Å²) in [5, 5.41) is 5.96. The molecule has 0 aliphatic carbocycles. The maximum Gasteiger partial charge on any atom is 0.258 e. The zero-order valence-electron chi connectivity index (χ0n) is 13.4. The number of hydrogen-bond acceptors (Lipinski definition) is 4. The van der Waals surface area contributed by atoms with Gasteiger partial charge in [-0.15, -0.1) is 0 Å². The second kappa shape index (κ2) is 7.70. The fraction of sp³-hybridized carbons (Fsp3) is 0.562. The molecule has 2 rings (SSSR count). The first kappa shape index (κ1) is 17.6. The van der Waals surface area contributed by atoms with Crippen LogP contribution in [0.5, 0.6) is 5.75 Å². The molecule has 0 bridgehead atoms. The van der Waals surface area contributed by atoms with E-state index in [1.165, 1.54) is 7.11 Å². The van der Waals surface area contributed by atoms with Crippen molar-refractivity contribution in [3.63, 3.8) is 0 Å². The Morgan fingerprint density at radius 2 is 1.91 bits per heavy atom. The van der Waals surface area contributed by atoms with Gasteiger partial charge in [0.25, 0.3) is 5.91 Å². The first-order chi connectivity index (χ1) is 11.0. The number of benzene rings is 1. The summed E-state index contributed by atoms with van der Waals surface area (Å²) in [7, 11) is 2.81. The van der Waals surface area contributed by atoms with Crippen molar-refractivity contribution in [1.82, 2.24) is 10.6 Å². The topological polar surface area (TPSA) is 59.6 Å². The van der Waals surface area contributed by atoms with E-state index in [9.17, 15) is 13.6 Å². The van der Waals surface area contributed by atoms with Gasteiger partial charge in [0.1, 0.15) is 11.4 Å². The number of carbonyl (C=O) groups excluding carboxylic acids is 1. The van der Waals surface area contributed by atoms with Crippen LogP contribution in [0, 0.1) is 17.0 Å². The molecule has 1 aliphatic rings. The van der Waals surface area contributed by atoms with Crippen LogP contribution in [0.15, 0.2) is 12.1 Å². The molecule has 1 amide bonds. The number of methoxy groups -OCH3 is 2. The third-order valence-corrected chi connectivity index (χ3v) is 4.23. The first-order valence-corrected chi connectivity index (χ1v) is 7.53. The molecule has 23 heavy (non-hydrogen) atoms. The molecule has 0 aromatic heterocycles. The second-order valence-corrected chi connectivity index (χ2v) is 5.80. The fourth-order valence-corrected chi connectivity index (χ4v) is 2.94. The van der Waals surface area contributed by atoms with Crippen LogP contribution in [0.2, 0.25) is 0 Å². The number of amides is 1. The van der Waals surface area contributed by atoms with Crippen LogP contribution in [0.25, 0.3) is 0 Å². The Morgan fingerprint density at radius 3 is 2.52 bits per heavy atom. The second-order valence-electron chi connectivity index (χ2n) is 5.80. The number of piperidine rings is 1. The van der Waals surface area contributed by atoms with Crippen LogP contribution in [-0.2, 0) is 4.74 Å². The number of carbonyl (C=O) groups is 1. The smallest absolute Gasteiger partial charge is 0.258 e. The molecule has 7 heteroatoms. The van der Waals surface area contributed by atoms with Gasteiger partial charge in [-0.3, -0.25) is 4.79 Å². The van der Waals surface area contributed by atoms with E-state index in [0.717, 1.165) is 38.1 Å². The lowest BCUT2D eigenvalue weighted by atomic mass is 9.79. The van der Waals surface area contributed by atoms with Crippen LogP contribution in [-0.4, -0.2) is 46.4 Å². The quantitative estimate of drug-likeness (QED) is 0.835. The van der Waals surface area contributed by atoms with Gasteiger partial charge >= 0.3 is 0 Å². The summed E-state index contributed by atoms with van der Waals surface area (Å²) in [6.07, 6.45) is 1.67. The van der Waals surface area contributed by atoms with E-state index in [0.29, 0.717) is 13.2 Å². The molecule has 2 N–H and O–H groups in total. The predicted octanol–water partition coefficient (Wildman–Crippen LogP) is 1.72. The molecule has 0 unspecified atom stereocenters. The molecule has 0 atom stereocenters. The van der Waals surface area contributed by atoms with Crippen LogP contribution in [0.1, 0.15) is 23.2 Å². The molecule has 0 spiro atoms. The summed E-state index contributed by atoms with van der Waals surface area (Å²) >= 11 is 0. The van der Waals surface area contributed by atoms with E-state index in [1.807, 2.05) is 0 Å². The van der Waals surface area contributed by atoms with Crippen LogP contribution >= 0.6 is 0 Å². The highest BCUT2D eigenvalue weighted by Crippen LogP contribution is 2.29. The summed E-state index contributed by atoms with van der Waals surface area (Å²) in [6.45, 7) is 2.49. The van der Waals surface area contributed by atoms with Crippen molar-refractivity contribution in [2.45, 2.75) is 12.8 Å². The highest BCUT2D eigenvalue weighted by atomic mass is 19.1. The van der Waals surface area contributed by atoms with E-state index in [1.54, 1.807) is 7.11 Å². The number of ether oxygens (including phenoxy) is 2. The van der Waals surface area contributed by atoms with E-state index < -0.39 is 23.1 Å². The third-order valence-electron chi connectivity index (χ3n) is 4.23. The monoisotopic (exact) mass is 328 g/mol. The lowest BCUT2D eigenvalue weighted by molar-refractivity contribution is 0.0510. The maximum absolute atomic E-state index is 13.9. The van der Waals surface area contributed by atoms with Crippen LogP contribution < -0.4 is 15.4 Å². The molecule has 1 heterocycles. The summed E-state index contributed by atoms with van der Waals surface area (Å²) in [4.78, 5) is 12.3. The Morgan fingerprint density at radius 1 is 1.26 bits per heavy atom. The lowest BCUT2D eigenvalue weighted by Gasteiger charge is -2.37. The highest BCUT2D eigenvalue weighted by molar-refractivity contribution is 5.97. The van der Waals surface area contributed by atoms with Gasteiger partial charge in [0.2, 0.25) is 0 Å². The lowest BCUT2D eigenvalue weighted by Crippen LogP contribution is -2.47. The fourth-order valence-electron chi connectivity index (χ4n) is 2.94. The number of nitrogens with one attached hydrogen (secondary N) is 2. The van der Waals surface area contributed by atoms with E-state index >= 15 is 0 Å². The van der Waals surface area contributed by atoms with Crippen molar-refractivity contribution < 1.29 is 23.0 Å². The minimum atomic E-state index is -0.813. The van der Waals surface area contributed by atoms with Crippen molar-refractivity contribution in [2.24, 2.45) is 5.41 Å². The first-order valence-electron chi connectivity index (χ1n) is 7.53. The Balaban J connectivity index is 2.14. The highest BCUT2D eigenvalue weighted by Gasteiger charge is 2.33. The van der Waals surface area contributed by atoms with Crippen molar-refractivity contribution in [1.29, 1.82) is 0 Å². The van der Waals surface area contributed by atoms with Crippen molar-refractivity contribution >= 4 is 5.91 Å². The zero-order chi connectivity index (χ0) is 16.9. The molecule has 0 radical (unpaired) electrons. The molecular formula is C16H22F2N2O3. The van der Waals surface area contributed by atoms with Crippen LogP contribution in [0.3, 0.4) is 0 Å². The average Bonchev–Trinajstić information content (AvgIpc) is 2.55. The Bertz CT molecular complexity index is 555. The third kappa shape index (κ3) is 3.97. The summed E-state index contributed by atoms with van der Waals surface area (Å²) in [5.41, 5.74) is -0.610. The Hall–Kier alpha value is -1.73. The molecule has 1 fully saturated rings. The van der Waals surface area contributed by atoms with Gasteiger partial charge in [0.15, 0.2) is 11.6 Å². The normalized spacial score (nSPS) is 16.9. The van der Waals surface area contributed by atoms with Crippen LogP contribution in [0.4, 0.5) is 8.78 Å². The van der Waals surface area contributed by atoms with Gasteiger partial charge in [-0.05, 0) is 38.1 Å². The van der Waals surface area contributed by atoms with Crippen molar-refractivity contribution in [2.75, 3.05) is 40.5 Å². The summed E-state index contributed by atoms with van der Waals surface area (Å²) in [6, 6.07) is 1.85. The summed E-state index contributed by atoms with van der Waals surface area (Å²) in [5.74, 6) is -2.65. The van der Waals surface area contributed by atoms with Crippen molar-refractivity contribution in [3.8, 4) is 5.75 Å².